The lowest BCUT2D eigenvalue weighted by molar-refractivity contribution is -0.150. The molecule has 0 aliphatic heterocycles. The van der Waals surface area contributed by atoms with Gasteiger partial charge in [-0.15, -0.1) is 0 Å². The van der Waals surface area contributed by atoms with Crippen molar-refractivity contribution in [2.24, 2.45) is 16.7 Å². The van der Waals surface area contributed by atoms with Crippen LogP contribution in [0, 0.1) is 16.7 Å². The van der Waals surface area contributed by atoms with E-state index in [0.717, 1.165) is 12.8 Å². The van der Waals surface area contributed by atoms with Crippen LogP contribution in [0.4, 0.5) is 0 Å². The van der Waals surface area contributed by atoms with E-state index in [1.54, 1.807) is 18.4 Å². The first-order valence-electron chi connectivity index (χ1n) is 7.36. The second-order valence-corrected chi connectivity index (χ2v) is 6.88. The highest BCUT2D eigenvalue weighted by molar-refractivity contribution is 5.86. The van der Waals surface area contributed by atoms with Crippen molar-refractivity contribution in [1.29, 1.82) is 0 Å². The Labute approximate surface area is 120 Å². The molecule has 0 saturated heterocycles. The Morgan fingerprint density at radius 2 is 2.25 bits per heavy atom. The van der Waals surface area contributed by atoms with Gasteiger partial charge in [0, 0.05) is 11.5 Å². The molecule has 3 rings (SSSR count). The average molecular weight is 274 g/mol. The molecule has 2 saturated carbocycles. The van der Waals surface area contributed by atoms with Crippen LogP contribution < -0.4 is 0 Å². The fourth-order valence-corrected chi connectivity index (χ4v) is 4.02. The van der Waals surface area contributed by atoms with Crippen LogP contribution in [-0.4, -0.2) is 12.1 Å². The minimum atomic E-state index is -0.268. The zero-order valence-corrected chi connectivity index (χ0v) is 12.4. The van der Waals surface area contributed by atoms with E-state index in [9.17, 15) is 4.79 Å². The lowest BCUT2D eigenvalue weighted by Crippen LogP contribution is -2.38. The Kier molecular flexibility index (Phi) is 3.03. The predicted octanol–water partition coefficient (Wildman–Crippen LogP) is 4.05. The van der Waals surface area contributed by atoms with Crippen LogP contribution in [0.5, 0.6) is 0 Å². The fraction of sp³-hybridized carbons (Fsp3) is 0.588. The van der Waals surface area contributed by atoms with Crippen molar-refractivity contribution in [2.45, 2.75) is 46.1 Å². The maximum Gasteiger partial charge on any atom is 0.331 e. The number of fused-ring (bicyclic) bond motifs is 2. The van der Waals surface area contributed by atoms with Gasteiger partial charge in [0.05, 0.1) is 6.26 Å². The molecule has 0 radical (unpaired) electrons. The molecule has 0 amide bonds. The molecular formula is C17H22O3. The van der Waals surface area contributed by atoms with Crippen LogP contribution in [0.1, 0.15) is 45.8 Å². The summed E-state index contributed by atoms with van der Waals surface area (Å²) >= 11 is 0. The largest absolute Gasteiger partial charge is 0.465 e. The maximum atomic E-state index is 12.0. The Bertz CT molecular complexity index is 526. The van der Waals surface area contributed by atoms with Crippen molar-refractivity contribution < 1.29 is 13.9 Å². The van der Waals surface area contributed by atoms with Gasteiger partial charge in [0.2, 0.25) is 0 Å². The molecule has 2 aliphatic rings. The second-order valence-electron chi connectivity index (χ2n) is 6.88. The molecular weight excluding hydrogens is 252 g/mol. The summed E-state index contributed by atoms with van der Waals surface area (Å²) in [5.74, 6) is 1.08. The zero-order valence-electron chi connectivity index (χ0n) is 12.4. The molecule has 3 heteroatoms. The van der Waals surface area contributed by atoms with Gasteiger partial charge in [-0.1, -0.05) is 20.8 Å². The minimum absolute atomic E-state index is 0.0463. The average Bonchev–Trinajstić information content (AvgIpc) is 3.02. The van der Waals surface area contributed by atoms with Gasteiger partial charge in [0.15, 0.2) is 0 Å². The number of esters is 1. The van der Waals surface area contributed by atoms with Crippen molar-refractivity contribution in [1.82, 2.24) is 0 Å². The first-order chi connectivity index (χ1) is 9.43. The number of rotatable bonds is 3. The lowest BCUT2D eigenvalue weighted by Gasteiger charge is -2.38. The number of carbonyl (C=O) groups excluding carboxylic acids is 1. The van der Waals surface area contributed by atoms with Crippen LogP contribution in [-0.2, 0) is 9.53 Å². The van der Waals surface area contributed by atoms with Gasteiger partial charge in [-0.2, -0.15) is 0 Å². The molecule has 3 nitrogen and oxygen atoms in total. The molecule has 108 valence electrons. The topological polar surface area (TPSA) is 39.4 Å². The summed E-state index contributed by atoms with van der Waals surface area (Å²) < 4.78 is 10.9. The standard InChI is InChI=1S/C17H22O3/c1-16(2)12-8-9-17(16,3)14(11-12)20-15(18)7-6-13-5-4-10-19-13/h4-7,10,12,14H,8-9,11H2,1-3H3/b7-6+. The Morgan fingerprint density at radius 3 is 2.80 bits per heavy atom. The molecule has 2 bridgehead atoms. The second kappa shape index (κ2) is 4.51. The molecule has 0 spiro atoms. The zero-order chi connectivity index (χ0) is 14.4. The maximum absolute atomic E-state index is 12.0. The highest BCUT2D eigenvalue weighted by Gasteiger charge is 2.62. The van der Waals surface area contributed by atoms with E-state index >= 15 is 0 Å². The minimum Gasteiger partial charge on any atom is -0.465 e. The van der Waals surface area contributed by atoms with Gasteiger partial charge in [0.1, 0.15) is 11.9 Å². The van der Waals surface area contributed by atoms with Gasteiger partial charge in [-0.05, 0) is 48.8 Å². The molecule has 20 heavy (non-hydrogen) atoms. The third-order valence-corrected chi connectivity index (χ3v) is 5.90. The highest BCUT2D eigenvalue weighted by Crippen LogP contribution is 2.66. The van der Waals surface area contributed by atoms with E-state index in [0.29, 0.717) is 11.7 Å². The number of ether oxygens (including phenoxy) is 1. The van der Waals surface area contributed by atoms with E-state index in [1.165, 1.54) is 12.5 Å². The fourth-order valence-electron chi connectivity index (χ4n) is 4.02. The predicted molar refractivity (Wildman–Crippen MR) is 76.9 cm³/mol. The Morgan fingerprint density at radius 1 is 1.45 bits per heavy atom. The summed E-state index contributed by atoms with van der Waals surface area (Å²) in [7, 11) is 0. The van der Waals surface area contributed by atoms with Crippen LogP contribution in [0.15, 0.2) is 28.9 Å². The number of hydrogen-bond acceptors (Lipinski definition) is 3. The van der Waals surface area contributed by atoms with E-state index in [4.69, 9.17) is 9.15 Å². The summed E-state index contributed by atoms with van der Waals surface area (Å²) in [4.78, 5) is 12.0. The van der Waals surface area contributed by atoms with Crippen molar-refractivity contribution in [3.05, 3.63) is 30.2 Å². The number of hydrogen-bond donors (Lipinski definition) is 0. The molecule has 3 atom stereocenters. The van der Waals surface area contributed by atoms with Crippen molar-refractivity contribution >= 4 is 12.0 Å². The molecule has 2 aliphatic carbocycles. The monoisotopic (exact) mass is 274 g/mol. The Hall–Kier alpha value is -1.51. The molecule has 3 unspecified atom stereocenters. The van der Waals surface area contributed by atoms with E-state index in [2.05, 4.69) is 20.8 Å². The summed E-state index contributed by atoms with van der Waals surface area (Å²) in [6.07, 6.45) is 8.17. The molecule has 2 fully saturated rings. The van der Waals surface area contributed by atoms with Crippen molar-refractivity contribution in [2.75, 3.05) is 0 Å². The van der Waals surface area contributed by atoms with Crippen molar-refractivity contribution in [3.8, 4) is 0 Å². The number of carbonyl (C=O) groups is 1. The van der Waals surface area contributed by atoms with Crippen LogP contribution in [0.2, 0.25) is 0 Å². The van der Waals surface area contributed by atoms with Gasteiger partial charge in [-0.25, -0.2) is 4.79 Å². The van der Waals surface area contributed by atoms with E-state index < -0.39 is 0 Å². The third kappa shape index (κ3) is 1.91. The number of furan rings is 1. The lowest BCUT2D eigenvalue weighted by atomic mass is 9.70. The van der Waals surface area contributed by atoms with Gasteiger partial charge < -0.3 is 9.15 Å². The quantitative estimate of drug-likeness (QED) is 0.616. The van der Waals surface area contributed by atoms with Gasteiger partial charge in [0.25, 0.3) is 0 Å². The summed E-state index contributed by atoms with van der Waals surface area (Å²) in [5.41, 5.74) is 0.383. The summed E-state index contributed by atoms with van der Waals surface area (Å²) in [5, 5.41) is 0. The van der Waals surface area contributed by atoms with Crippen LogP contribution in [0.25, 0.3) is 6.08 Å². The summed E-state index contributed by atoms with van der Waals surface area (Å²) in [6, 6.07) is 3.61. The van der Waals surface area contributed by atoms with Crippen LogP contribution in [0.3, 0.4) is 0 Å². The molecule has 1 heterocycles. The highest BCUT2D eigenvalue weighted by atomic mass is 16.5. The van der Waals surface area contributed by atoms with E-state index in [1.807, 2.05) is 6.07 Å². The normalized spacial score (nSPS) is 34.8. The molecule has 0 aromatic carbocycles. The summed E-state index contributed by atoms with van der Waals surface area (Å²) in [6.45, 7) is 6.91. The first kappa shape index (κ1) is 13.5. The molecule has 1 aromatic rings. The van der Waals surface area contributed by atoms with Crippen LogP contribution >= 0.6 is 0 Å². The molecule has 0 N–H and O–H groups in total. The SMILES string of the molecule is CC1(C)C2CCC1(C)C(OC(=O)/C=C/c1ccco1)C2. The molecule has 1 aromatic heterocycles. The van der Waals surface area contributed by atoms with Gasteiger partial charge >= 0.3 is 5.97 Å². The third-order valence-electron chi connectivity index (χ3n) is 5.90. The smallest absolute Gasteiger partial charge is 0.331 e. The van der Waals surface area contributed by atoms with Crippen molar-refractivity contribution in [3.63, 3.8) is 0 Å². The van der Waals surface area contributed by atoms with E-state index in [-0.39, 0.29) is 22.9 Å². The van der Waals surface area contributed by atoms with Gasteiger partial charge in [-0.3, -0.25) is 0 Å². The first-order valence-corrected chi connectivity index (χ1v) is 7.36. The Balaban J connectivity index is 1.66.